The minimum absolute atomic E-state index is 0.318. The highest BCUT2D eigenvalue weighted by atomic mass is 16.5. The van der Waals surface area contributed by atoms with E-state index in [1.54, 1.807) is 5.56 Å². The summed E-state index contributed by atoms with van der Waals surface area (Å²) in [7, 11) is 0. The predicted molar refractivity (Wildman–Crippen MR) is 103 cm³/mol. The minimum atomic E-state index is -0.318. The van der Waals surface area contributed by atoms with E-state index in [-0.39, 0.29) is 5.60 Å². The third-order valence-corrected chi connectivity index (χ3v) is 4.53. The van der Waals surface area contributed by atoms with Crippen LogP contribution in [0.25, 0.3) is 0 Å². The molecule has 0 spiro atoms. The van der Waals surface area contributed by atoms with E-state index in [1.165, 1.54) is 25.1 Å². The number of piperidine rings is 1. The van der Waals surface area contributed by atoms with Crippen LogP contribution in [0.3, 0.4) is 0 Å². The summed E-state index contributed by atoms with van der Waals surface area (Å²) in [4.78, 5) is 12.1. The third-order valence-electron chi connectivity index (χ3n) is 4.53. The van der Waals surface area contributed by atoms with Gasteiger partial charge < -0.3 is 20.3 Å². The Labute approximate surface area is 152 Å². The van der Waals surface area contributed by atoms with Gasteiger partial charge >= 0.3 is 0 Å². The predicted octanol–water partition coefficient (Wildman–Crippen LogP) is 2.52. The maximum Gasteiger partial charge on any atom is 0.293 e. The molecule has 1 unspecified atom stereocenters. The van der Waals surface area contributed by atoms with Crippen molar-refractivity contribution in [2.24, 2.45) is 0 Å². The lowest BCUT2D eigenvalue weighted by Gasteiger charge is -2.34. The van der Waals surface area contributed by atoms with Gasteiger partial charge in [-0.05, 0) is 57.7 Å². The number of benzene rings is 1. The zero-order valence-corrected chi connectivity index (χ0v) is 15.9. The Morgan fingerprint density at radius 1 is 1.12 bits per heavy atom. The van der Waals surface area contributed by atoms with E-state index in [0.717, 1.165) is 32.7 Å². The van der Waals surface area contributed by atoms with Crippen molar-refractivity contribution in [2.75, 3.05) is 44.2 Å². The molecule has 5 heteroatoms. The molecule has 1 atom stereocenters. The number of para-hydroxylation sites is 1. The maximum atomic E-state index is 9.60. The van der Waals surface area contributed by atoms with Crippen LogP contribution in [0.2, 0.25) is 0 Å². The van der Waals surface area contributed by atoms with Gasteiger partial charge in [-0.2, -0.15) is 0 Å². The summed E-state index contributed by atoms with van der Waals surface area (Å²) in [5, 5.41) is 6.96. The van der Waals surface area contributed by atoms with E-state index in [2.05, 4.69) is 44.5 Å². The van der Waals surface area contributed by atoms with Gasteiger partial charge in [0.15, 0.2) is 0 Å². The number of nitrogens with one attached hydrogen (secondary N) is 2. The lowest BCUT2D eigenvalue weighted by Crippen LogP contribution is -2.44. The molecule has 2 aliphatic rings. The van der Waals surface area contributed by atoms with Crippen LogP contribution in [-0.2, 0) is 9.53 Å². The van der Waals surface area contributed by atoms with E-state index in [1.807, 2.05) is 20.8 Å². The summed E-state index contributed by atoms with van der Waals surface area (Å²) in [5.74, 6) is 0.699. The number of ether oxygens (including phenoxy) is 1. The molecule has 0 saturated carbocycles. The summed E-state index contributed by atoms with van der Waals surface area (Å²) >= 11 is 0. The first-order chi connectivity index (χ1) is 12.0. The Morgan fingerprint density at radius 2 is 1.84 bits per heavy atom. The molecule has 2 aliphatic heterocycles. The first-order valence-electron chi connectivity index (χ1n) is 9.38. The molecule has 2 saturated heterocycles. The van der Waals surface area contributed by atoms with Crippen LogP contribution in [0.15, 0.2) is 24.3 Å². The highest BCUT2D eigenvalue weighted by molar-refractivity contribution is 5.55. The van der Waals surface area contributed by atoms with Gasteiger partial charge in [0.2, 0.25) is 0 Å². The highest BCUT2D eigenvalue weighted by Crippen LogP contribution is 2.31. The number of hydrogen-bond donors (Lipinski definition) is 2. The summed E-state index contributed by atoms with van der Waals surface area (Å²) < 4.78 is 4.55. The number of carbonyl (C=O) groups excluding carboxylic acids is 1. The molecule has 0 bridgehead atoms. The Balaban J connectivity index is 0.000000277. The first kappa shape index (κ1) is 19.7. The molecule has 0 aliphatic carbocycles. The molecule has 2 heterocycles. The Kier molecular flexibility index (Phi) is 7.72. The van der Waals surface area contributed by atoms with Crippen LogP contribution in [-0.4, -0.2) is 51.3 Å². The fourth-order valence-electron chi connectivity index (χ4n) is 3.29. The lowest BCUT2D eigenvalue weighted by atomic mass is 9.90. The van der Waals surface area contributed by atoms with Gasteiger partial charge in [-0.25, -0.2) is 0 Å². The minimum Gasteiger partial charge on any atom is -0.462 e. The summed E-state index contributed by atoms with van der Waals surface area (Å²) in [6, 6.07) is 9.00. The molecular formula is C20H33N3O2. The van der Waals surface area contributed by atoms with Gasteiger partial charge in [0.25, 0.3) is 6.47 Å². The summed E-state index contributed by atoms with van der Waals surface area (Å²) in [5.41, 5.74) is 2.70. The van der Waals surface area contributed by atoms with E-state index < -0.39 is 0 Å². The molecule has 3 rings (SSSR count). The summed E-state index contributed by atoms with van der Waals surface area (Å²) in [6.07, 6.45) is 2.64. The molecule has 5 nitrogen and oxygen atoms in total. The maximum absolute atomic E-state index is 9.60. The quantitative estimate of drug-likeness (QED) is 0.823. The zero-order valence-electron chi connectivity index (χ0n) is 15.9. The van der Waals surface area contributed by atoms with Gasteiger partial charge in [-0.15, -0.1) is 0 Å². The average Bonchev–Trinajstić information content (AvgIpc) is 2.63. The van der Waals surface area contributed by atoms with Crippen molar-refractivity contribution in [1.29, 1.82) is 0 Å². The second kappa shape index (κ2) is 9.78. The first-order valence-corrected chi connectivity index (χ1v) is 9.38. The monoisotopic (exact) mass is 347 g/mol. The number of carbonyl (C=O) groups is 1. The van der Waals surface area contributed by atoms with Crippen molar-refractivity contribution in [3.63, 3.8) is 0 Å². The van der Waals surface area contributed by atoms with Gasteiger partial charge in [-0.3, -0.25) is 4.79 Å². The molecule has 1 aromatic rings. The van der Waals surface area contributed by atoms with Crippen molar-refractivity contribution in [2.45, 2.75) is 45.1 Å². The molecule has 2 N–H and O–H groups in total. The van der Waals surface area contributed by atoms with Crippen LogP contribution < -0.4 is 15.5 Å². The largest absolute Gasteiger partial charge is 0.462 e. The van der Waals surface area contributed by atoms with Crippen molar-refractivity contribution in [1.82, 2.24) is 10.6 Å². The molecule has 140 valence electrons. The van der Waals surface area contributed by atoms with Crippen LogP contribution in [0, 0.1) is 0 Å². The topological polar surface area (TPSA) is 53.6 Å². The normalized spacial score (nSPS) is 21.1. The highest BCUT2D eigenvalue weighted by Gasteiger charge is 2.21. The van der Waals surface area contributed by atoms with Crippen molar-refractivity contribution >= 4 is 12.2 Å². The Morgan fingerprint density at radius 3 is 2.40 bits per heavy atom. The fourth-order valence-corrected chi connectivity index (χ4v) is 3.29. The number of nitrogens with zero attached hydrogens (tertiary/aromatic N) is 1. The van der Waals surface area contributed by atoms with Crippen molar-refractivity contribution in [3.8, 4) is 0 Å². The van der Waals surface area contributed by atoms with Crippen LogP contribution >= 0.6 is 0 Å². The summed E-state index contributed by atoms with van der Waals surface area (Å²) in [6.45, 7) is 12.7. The standard InChI is InChI=1S/C15H23N3.C5H10O2/c1-2-6-15(18-10-8-16-9-11-18)14(5-1)13-4-3-7-17-12-13;1-5(2,3)7-4-6/h1-2,5-6,13,16-17H,3-4,7-12H2;4H,1-3H3. The average molecular weight is 348 g/mol. The van der Waals surface area contributed by atoms with Gasteiger partial charge in [0.05, 0.1) is 0 Å². The van der Waals surface area contributed by atoms with E-state index >= 15 is 0 Å². The van der Waals surface area contributed by atoms with E-state index in [0.29, 0.717) is 12.4 Å². The lowest BCUT2D eigenvalue weighted by molar-refractivity contribution is -0.138. The van der Waals surface area contributed by atoms with Crippen molar-refractivity contribution in [3.05, 3.63) is 29.8 Å². The van der Waals surface area contributed by atoms with Crippen LogP contribution in [0.4, 0.5) is 5.69 Å². The van der Waals surface area contributed by atoms with E-state index in [4.69, 9.17) is 0 Å². The van der Waals surface area contributed by atoms with Gasteiger partial charge in [0.1, 0.15) is 5.60 Å². The van der Waals surface area contributed by atoms with Crippen LogP contribution in [0.1, 0.15) is 45.1 Å². The number of piperazine rings is 1. The molecule has 1 aromatic carbocycles. The SMILES string of the molecule is CC(C)(C)OC=O.c1ccc(N2CCNCC2)c(C2CCCNC2)c1. The van der Waals surface area contributed by atoms with Crippen LogP contribution in [0.5, 0.6) is 0 Å². The Hall–Kier alpha value is -1.59. The molecule has 0 amide bonds. The second-order valence-electron chi connectivity index (χ2n) is 7.67. The van der Waals surface area contributed by atoms with E-state index in [9.17, 15) is 4.79 Å². The second-order valence-corrected chi connectivity index (χ2v) is 7.67. The number of hydrogen-bond acceptors (Lipinski definition) is 5. The number of rotatable bonds is 3. The molecule has 2 fully saturated rings. The Bertz CT molecular complexity index is 479. The zero-order chi connectivity index (χ0) is 18.1. The number of anilines is 1. The van der Waals surface area contributed by atoms with Gasteiger partial charge in [-0.1, -0.05) is 18.2 Å². The molecule has 0 aromatic heterocycles. The fraction of sp³-hybridized carbons (Fsp3) is 0.650. The molecule has 0 radical (unpaired) electrons. The third kappa shape index (κ3) is 6.67. The van der Waals surface area contributed by atoms with Gasteiger partial charge in [0, 0.05) is 38.4 Å². The smallest absolute Gasteiger partial charge is 0.293 e. The molecular weight excluding hydrogens is 314 g/mol. The molecule has 25 heavy (non-hydrogen) atoms. The van der Waals surface area contributed by atoms with Crippen molar-refractivity contribution < 1.29 is 9.53 Å².